The highest BCUT2D eigenvalue weighted by Crippen LogP contribution is 2.07. The second-order valence-corrected chi connectivity index (χ2v) is 2.48. The van der Waals surface area contributed by atoms with E-state index in [4.69, 9.17) is 4.42 Å². The normalized spacial score (nSPS) is 10.2. The Morgan fingerprint density at radius 3 is 3.00 bits per heavy atom. The molecule has 0 unspecified atom stereocenters. The van der Waals surface area contributed by atoms with E-state index in [2.05, 4.69) is 4.98 Å². The van der Waals surface area contributed by atoms with Crippen molar-refractivity contribution in [3.05, 3.63) is 48.2 Å². The molecule has 2 heteroatoms. The number of hydrogen-bond acceptors (Lipinski definition) is 1. The number of aromatic amines is 1. The quantitative estimate of drug-likeness (QED) is 0.693. The van der Waals surface area contributed by atoms with E-state index in [1.807, 2.05) is 30.6 Å². The fourth-order valence-electron chi connectivity index (χ4n) is 1.08. The van der Waals surface area contributed by atoms with Gasteiger partial charge in [-0.3, -0.25) is 0 Å². The molecule has 0 bridgehead atoms. The zero-order valence-electron chi connectivity index (χ0n) is 6.08. The second kappa shape index (κ2) is 2.66. The Morgan fingerprint density at radius 2 is 2.36 bits per heavy atom. The Balaban J connectivity index is 2.14. The summed E-state index contributed by atoms with van der Waals surface area (Å²) in [6.45, 7) is 0. The highest BCUT2D eigenvalue weighted by molar-refractivity contribution is 5.16. The average Bonchev–Trinajstić information content (AvgIpc) is 2.60. The minimum Gasteiger partial charge on any atom is -0.469 e. The summed E-state index contributed by atoms with van der Waals surface area (Å²) in [5, 5.41) is 0. The van der Waals surface area contributed by atoms with Crippen LogP contribution in [0.5, 0.6) is 0 Å². The summed E-state index contributed by atoms with van der Waals surface area (Å²) in [7, 11) is 0. The highest BCUT2D eigenvalue weighted by Gasteiger charge is 1.96. The predicted molar refractivity (Wildman–Crippen MR) is 42.3 cm³/mol. The van der Waals surface area contributed by atoms with Gasteiger partial charge in [0, 0.05) is 18.8 Å². The molecule has 2 nitrogen and oxygen atoms in total. The number of H-pyrrole nitrogens is 1. The molecule has 0 saturated carbocycles. The van der Waals surface area contributed by atoms with Gasteiger partial charge in [-0.05, 0) is 23.8 Å². The molecule has 0 radical (unpaired) electrons. The van der Waals surface area contributed by atoms with Crippen molar-refractivity contribution in [2.75, 3.05) is 0 Å². The fourth-order valence-corrected chi connectivity index (χ4v) is 1.08. The first-order chi connectivity index (χ1) is 5.45. The van der Waals surface area contributed by atoms with Crippen molar-refractivity contribution in [1.29, 1.82) is 0 Å². The predicted octanol–water partition coefficient (Wildman–Crippen LogP) is 2.20. The molecule has 0 atom stereocenters. The van der Waals surface area contributed by atoms with Gasteiger partial charge in [-0.2, -0.15) is 0 Å². The van der Waals surface area contributed by atoms with Crippen LogP contribution in [0.3, 0.4) is 0 Å². The average molecular weight is 147 g/mol. The third-order valence-corrected chi connectivity index (χ3v) is 1.62. The van der Waals surface area contributed by atoms with Gasteiger partial charge in [-0.15, -0.1) is 0 Å². The van der Waals surface area contributed by atoms with Crippen molar-refractivity contribution in [2.24, 2.45) is 0 Å². The lowest BCUT2D eigenvalue weighted by molar-refractivity contribution is 0.521. The van der Waals surface area contributed by atoms with Crippen molar-refractivity contribution in [2.45, 2.75) is 6.42 Å². The molecule has 0 aliphatic rings. The first-order valence-corrected chi connectivity index (χ1v) is 3.59. The smallest absolute Gasteiger partial charge is 0.108 e. The molecule has 2 rings (SSSR count). The standard InChI is InChI=1S/C9H9NO/c1-2-9(11-5-1)6-8-3-4-10-7-8/h1-5,7,10H,6H2. The summed E-state index contributed by atoms with van der Waals surface area (Å²) in [6.07, 6.45) is 6.46. The largest absolute Gasteiger partial charge is 0.469 e. The summed E-state index contributed by atoms with van der Waals surface area (Å²) in [5.41, 5.74) is 1.25. The Labute approximate surface area is 64.9 Å². The maximum Gasteiger partial charge on any atom is 0.108 e. The van der Waals surface area contributed by atoms with Crippen molar-refractivity contribution < 1.29 is 4.42 Å². The van der Waals surface area contributed by atoms with E-state index in [9.17, 15) is 0 Å². The maximum absolute atomic E-state index is 5.19. The van der Waals surface area contributed by atoms with Crippen molar-refractivity contribution >= 4 is 0 Å². The van der Waals surface area contributed by atoms with Crippen LogP contribution in [0.1, 0.15) is 11.3 Å². The van der Waals surface area contributed by atoms with Crippen LogP contribution < -0.4 is 0 Å². The van der Waals surface area contributed by atoms with Crippen LogP contribution in [0.4, 0.5) is 0 Å². The second-order valence-electron chi connectivity index (χ2n) is 2.48. The molecule has 0 saturated heterocycles. The van der Waals surface area contributed by atoms with E-state index >= 15 is 0 Å². The third kappa shape index (κ3) is 1.34. The SMILES string of the molecule is c1coc(Cc2cc[nH]c2)c1. The Bertz CT molecular complexity index is 262. The summed E-state index contributed by atoms with van der Waals surface area (Å²) in [5.74, 6) is 1.00. The van der Waals surface area contributed by atoms with Gasteiger partial charge in [-0.1, -0.05) is 0 Å². The number of furan rings is 1. The Morgan fingerprint density at radius 1 is 1.36 bits per heavy atom. The number of aromatic nitrogens is 1. The van der Waals surface area contributed by atoms with E-state index in [-0.39, 0.29) is 0 Å². The first kappa shape index (κ1) is 6.28. The molecule has 56 valence electrons. The Kier molecular flexibility index (Phi) is 1.52. The number of hydrogen-bond donors (Lipinski definition) is 1. The summed E-state index contributed by atoms with van der Waals surface area (Å²) < 4.78 is 5.19. The summed E-state index contributed by atoms with van der Waals surface area (Å²) >= 11 is 0. The van der Waals surface area contributed by atoms with Gasteiger partial charge < -0.3 is 9.40 Å². The molecule has 0 fully saturated rings. The molecule has 0 amide bonds. The van der Waals surface area contributed by atoms with Gasteiger partial charge in [0.1, 0.15) is 5.76 Å². The molecule has 0 aliphatic carbocycles. The van der Waals surface area contributed by atoms with Crippen molar-refractivity contribution in [3.63, 3.8) is 0 Å². The maximum atomic E-state index is 5.19. The molecule has 2 aromatic heterocycles. The molecule has 11 heavy (non-hydrogen) atoms. The fraction of sp³-hybridized carbons (Fsp3) is 0.111. The molecule has 2 heterocycles. The lowest BCUT2D eigenvalue weighted by atomic mass is 10.2. The molecule has 1 N–H and O–H groups in total. The van der Waals surface area contributed by atoms with E-state index < -0.39 is 0 Å². The van der Waals surface area contributed by atoms with E-state index in [0.29, 0.717) is 0 Å². The molecular formula is C9H9NO. The van der Waals surface area contributed by atoms with Crippen LogP contribution in [-0.4, -0.2) is 4.98 Å². The zero-order chi connectivity index (χ0) is 7.52. The van der Waals surface area contributed by atoms with Crippen molar-refractivity contribution in [3.8, 4) is 0 Å². The molecular weight excluding hydrogens is 138 g/mol. The monoisotopic (exact) mass is 147 g/mol. The first-order valence-electron chi connectivity index (χ1n) is 3.59. The molecule has 0 aliphatic heterocycles. The lowest BCUT2D eigenvalue weighted by Gasteiger charge is -1.90. The molecule has 0 spiro atoms. The van der Waals surface area contributed by atoms with Crippen LogP contribution in [0.15, 0.2) is 41.3 Å². The van der Waals surface area contributed by atoms with E-state index in [1.54, 1.807) is 6.26 Å². The topological polar surface area (TPSA) is 28.9 Å². The number of rotatable bonds is 2. The van der Waals surface area contributed by atoms with E-state index in [0.717, 1.165) is 12.2 Å². The van der Waals surface area contributed by atoms with Crippen LogP contribution in [-0.2, 0) is 6.42 Å². The van der Waals surface area contributed by atoms with Crippen LogP contribution in [0, 0.1) is 0 Å². The minimum absolute atomic E-state index is 0.872. The van der Waals surface area contributed by atoms with Crippen molar-refractivity contribution in [1.82, 2.24) is 4.98 Å². The van der Waals surface area contributed by atoms with Crippen LogP contribution >= 0.6 is 0 Å². The van der Waals surface area contributed by atoms with Gasteiger partial charge in [0.2, 0.25) is 0 Å². The van der Waals surface area contributed by atoms with Gasteiger partial charge in [-0.25, -0.2) is 0 Å². The van der Waals surface area contributed by atoms with Gasteiger partial charge >= 0.3 is 0 Å². The minimum atomic E-state index is 0.872. The summed E-state index contributed by atoms with van der Waals surface area (Å²) in [6, 6.07) is 5.93. The van der Waals surface area contributed by atoms with Gasteiger partial charge in [0.15, 0.2) is 0 Å². The zero-order valence-corrected chi connectivity index (χ0v) is 6.08. The summed E-state index contributed by atoms with van der Waals surface area (Å²) in [4.78, 5) is 3.00. The highest BCUT2D eigenvalue weighted by atomic mass is 16.3. The van der Waals surface area contributed by atoms with Gasteiger partial charge in [0.05, 0.1) is 6.26 Å². The van der Waals surface area contributed by atoms with Crippen LogP contribution in [0.2, 0.25) is 0 Å². The molecule has 0 aromatic carbocycles. The third-order valence-electron chi connectivity index (χ3n) is 1.62. The molecule has 2 aromatic rings. The van der Waals surface area contributed by atoms with Gasteiger partial charge in [0.25, 0.3) is 0 Å². The number of nitrogens with one attached hydrogen (secondary N) is 1. The van der Waals surface area contributed by atoms with Crippen LogP contribution in [0.25, 0.3) is 0 Å². The Hall–Kier alpha value is -1.44. The lowest BCUT2D eigenvalue weighted by Crippen LogP contribution is -1.80. The van der Waals surface area contributed by atoms with E-state index in [1.165, 1.54) is 5.56 Å².